The number of ether oxygens (including phenoxy) is 2. The summed E-state index contributed by atoms with van der Waals surface area (Å²) in [7, 11) is 1.69. The molecule has 0 radical (unpaired) electrons. The van der Waals surface area contributed by atoms with E-state index in [0.29, 0.717) is 12.6 Å². The first-order chi connectivity index (χ1) is 14.3. The average Bonchev–Trinajstić information content (AvgIpc) is 2.79. The van der Waals surface area contributed by atoms with Gasteiger partial charge < -0.3 is 9.47 Å². The molecule has 0 aliphatic carbocycles. The van der Waals surface area contributed by atoms with Crippen LogP contribution in [0.25, 0.3) is 0 Å². The Labute approximate surface area is 173 Å². The summed E-state index contributed by atoms with van der Waals surface area (Å²) in [6.07, 6.45) is 7.54. The minimum absolute atomic E-state index is 0.424. The molecular weight excluding hydrogens is 360 g/mol. The molecule has 3 aromatic rings. The van der Waals surface area contributed by atoms with E-state index in [0.717, 1.165) is 30.2 Å². The van der Waals surface area contributed by atoms with Crippen LogP contribution in [0.1, 0.15) is 42.0 Å². The first kappa shape index (κ1) is 19.5. The van der Waals surface area contributed by atoms with Gasteiger partial charge in [0, 0.05) is 25.0 Å². The van der Waals surface area contributed by atoms with E-state index in [2.05, 4.69) is 40.2 Å². The van der Waals surface area contributed by atoms with Crippen LogP contribution in [-0.4, -0.2) is 23.5 Å². The molecule has 0 bridgehead atoms. The number of pyridine rings is 1. The monoisotopic (exact) mass is 388 g/mol. The number of hydrogen-bond donors (Lipinski definition) is 0. The summed E-state index contributed by atoms with van der Waals surface area (Å²) >= 11 is 0. The number of nitrogens with zero attached hydrogens (tertiary/aromatic N) is 2. The van der Waals surface area contributed by atoms with Gasteiger partial charge in [-0.2, -0.15) is 0 Å². The molecule has 1 fully saturated rings. The molecule has 1 aliphatic heterocycles. The van der Waals surface area contributed by atoms with Crippen LogP contribution in [0.2, 0.25) is 0 Å². The molecule has 1 saturated heterocycles. The second kappa shape index (κ2) is 9.57. The molecule has 0 unspecified atom stereocenters. The molecule has 0 spiro atoms. The molecule has 29 heavy (non-hydrogen) atoms. The van der Waals surface area contributed by atoms with Gasteiger partial charge in [-0.1, -0.05) is 48.9 Å². The molecule has 1 aliphatic rings. The summed E-state index contributed by atoms with van der Waals surface area (Å²) in [4.78, 5) is 6.89. The highest BCUT2D eigenvalue weighted by atomic mass is 16.5. The van der Waals surface area contributed by atoms with Crippen LogP contribution < -0.4 is 9.47 Å². The third-order valence-corrected chi connectivity index (χ3v) is 5.53. The maximum Gasteiger partial charge on any atom is 0.161 e. The maximum absolute atomic E-state index is 6.10. The van der Waals surface area contributed by atoms with Gasteiger partial charge in [0.1, 0.15) is 6.61 Å². The summed E-state index contributed by atoms with van der Waals surface area (Å²) in [5.41, 5.74) is 3.69. The summed E-state index contributed by atoms with van der Waals surface area (Å²) in [6, 6.07) is 21.1. The number of likely N-dealkylation sites (tertiary alicyclic amines) is 1. The zero-order valence-corrected chi connectivity index (χ0v) is 17.0. The summed E-state index contributed by atoms with van der Waals surface area (Å²) in [5, 5.41) is 0. The molecule has 1 atom stereocenters. The number of aromatic nitrogens is 1. The van der Waals surface area contributed by atoms with Crippen LogP contribution >= 0.6 is 0 Å². The van der Waals surface area contributed by atoms with E-state index in [4.69, 9.17) is 9.47 Å². The number of methoxy groups -OCH3 is 1. The number of benzene rings is 2. The molecule has 150 valence electrons. The molecule has 0 saturated carbocycles. The van der Waals surface area contributed by atoms with Crippen LogP contribution in [0.15, 0.2) is 73.1 Å². The molecule has 0 N–H and O–H groups in total. The van der Waals surface area contributed by atoms with Crippen molar-refractivity contribution in [3.63, 3.8) is 0 Å². The van der Waals surface area contributed by atoms with E-state index < -0.39 is 0 Å². The van der Waals surface area contributed by atoms with Crippen molar-refractivity contribution in [3.8, 4) is 11.5 Å². The Morgan fingerprint density at radius 2 is 1.86 bits per heavy atom. The quantitative estimate of drug-likeness (QED) is 0.543. The van der Waals surface area contributed by atoms with E-state index in [9.17, 15) is 0 Å². The van der Waals surface area contributed by atoms with Crippen LogP contribution in [0.3, 0.4) is 0 Å². The lowest BCUT2D eigenvalue weighted by atomic mass is 9.95. The molecule has 4 rings (SSSR count). The van der Waals surface area contributed by atoms with Crippen LogP contribution in [0.5, 0.6) is 11.5 Å². The Morgan fingerprint density at radius 3 is 2.66 bits per heavy atom. The Bertz CT molecular complexity index is 899. The van der Waals surface area contributed by atoms with Gasteiger partial charge in [0.2, 0.25) is 0 Å². The lowest BCUT2D eigenvalue weighted by Gasteiger charge is -2.36. The third kappa shape index (κ3) is 4.96. The summed E-state index contributed by atoms with van der Waals surface area (Å²) < 4.78 is 11.6. The van der Waals surface area contributed by atoms with Gasteiger partial charge in [0.25, 0.3) is 0 Å². The second-order valence-corrected chi connectivity index (χ2v) is 7.53. The fraction of sp³-hybridized carbons (Fsp3) is 0.320. The standard InChI is InChI=1S/C25H28N2O2/c1-28-24-13-12-21(16-25(24)29-19-20-8-3-2-4-9-20)18-27-15-6-5-11-23(27)22-10-7-14-26-17-22/h2-4,7-10,12-14,16-17,23H,5-6,11,15,18-19H2,1H3/t23-/m1/s1. The van der Waals surface area contributed by atoms with Crippen LogP contribution in [-0.2, 0) is 13.2 Å². The van der Waals surface area contributed by atoms with E-state index in [-0.39, 0.29) is 0 Å². The smallest absolute Gasteiger partial charge is 0.161 e. The van der Waals surface area contributed by atoms with Crippen molar-refractivity contribution in [1.82, 2.24) is 9.88 Å². The Morgan fingerprint density at radius 1 is 0.966 bits per heavy atom. The van der Waals surface area contributed by atoms with Gasteiger partial charge in [0.05, 0.1) is 7.11 Å². The average molecular weight is 389 g/mol. The van der Waals surface area contributed by atoms with Crippen molar-refractivity contribution >= 4 is 0 Å². The van der Waals surface area contributed by atoms with Crippen molar-refractivity contribution in [2.45, 2.75) is 38.5 Å². The van der Waals surface area contributed by atoms with Gasteiger partial charge >= 0.3 is 0 Å². The van der Waals surface area contributed by atoms with E-state index >= 15 is 0 Å². The fourth-order valence-corrected chi connectivity index (χ4v) is 4.03. The highest BCUT2D eigenvalue weighted by Crippen LogP contribution is 2.34. The van der Waals surface area contributed by atoms with Crippen molar-refractivity contribution in [2.75, 3.05) is 13.7 Å². The minimum atomic E-state index is 0.424. The molecule has 2 aromatic carbocycles. The van der Waals surface area contributed by atoms with Crippen LogP contribution in [0, 0.1) is 0 Å². The molecular formula is C25H28N2O2. The van der Waals surface area contributed by atoms with Gasteiger partial charge in [-0.05, 0) is 54.3 Å². The topological polar surface area (TPSA) is 34.6 Å². The molecule has 4 nitrogen and oxygen atoms in total. The van der Waals surface area contributed by atoms with E-state index in [1.165, 1.54) is 30.4 Å². The molecule has 0 amide bonds. The van der Waals surface area contributed by atoms with Gasteiger partial charge in [-0.3, -0.25) is 9.88 Å². The normalized spacial score (nSPS) is 17.1. The minimum Gasteiger partial charge on any atom is -0.493 e. The Balaban J connectivity index is 1.50. The van der Waals surface area contributed by atoms with Gasteiger partial charge in [-0.25, -0.2) is 0 Å². The van der Waals surface area contributed by atoms with Crippen LogP contribution in [0.4, 0.5) is 0 Å². The molecule has 4 heteroatoms. The van der Waals surface area contributed by atoms with Crippen molar-refractivity contribution in [2.24, 2.45) is 0 Å². The SMILES string of the molecule is COc1ccc(CN2CCCC[C@@H]2c2cccnc2)cc1OCc1ccccc1. The Hall–Kier alpha value is -2.85. The van der Waals surface area contributed by atoms with Crippen molar-refractivity contribution < 1.29 is 9.47 Å². The van der Waals surface area contributed by atoms with E-state index in [1.807, 2.05) is 42.7 Å². The zero-order chi connectivity index (χ0) is 19.9. The zero-order valence-electron chi connectivity index (χ0n) is 17.0. The fourth-order valence-electron chi connectivity index (χ4n) is 4.03. The van der Waals surface area contributed by atoms with Gasteiger partial charge in [0.15, 0.2) is 11.5 Å². The Kier molecular flexibility index (Phi) is 6.42. The predicted octanol–water partition coefficient (Wildman–Crippen LogP) is 5.40. The third-order valence-electron chi connectivity index (χ3n) is 5.53. The molecule has 1 aromatic heterocycles. The van der Waals surface area contributed by atoms with Crippen molar-refractivity contribution in [3.05, 3.63) is 89.7 Å². The first-order valence-corrected chi connectivity index (χ1v) is 10.3. The van der Waals surface area contributed by atoms with Crippen molar-refractivity contribution in [1.29, 1.82) is 0 Å². The highest BCUT2D eigenvalue weighted by molar-refractivity contribution is 5.43. The summed E-state index contributed by atoms with van der Waals surface area (Å²) in [5.74, 6) is 1.57. The second-order valence-electron chi connectivity index (χ2n) is 7.53. The maximum atomic E-state index is 6.10. The predicted molar refractivity (Wildman–Crippen MR) is 115 cm³/mol. The molecule has 2 heterocycles. The number of piperidine rings is 1. The largest absolute Gasteiger partial charge is 0.493 e. The number of hydrogen-bond acceptors (Lipinski definition) is 4. The lowest BCUT2D eigenvalue weighted by Crippen LogP contribution is -2.33. The highest BCUT2D eigenvalue weighted by Gasteiger charge is 2.24. The van der Waals surface area contributed by atoms with Gasteiger partial charge in [-0.15, -0.1) is 0 Å². The lowest BCUT2D eigenvalue weighted by molar-refractivity contribution is 0.140. The number of rotatable bonds is 7. The first-order valence-electron chi connectivity index (χ1n) is 10.3. The van der Waals surface area contributed by atoms with E-state index in [1.54, 1.807) is 7.11 Å². The summed E-state index contributed by atoms with van der Waals surface area (Å²) in [6.45, 7) is 2.53.